The van der Waals surface area contributed by atoms with Crippen LogP contribution in [0.25, 0.3) is 0 Å². The summed E-state index contributed by atoms with van der Waals surface area (Å²) in [5, 5.41) is 0. The van der Waals surface area contributed by atoms with E-state index in [1.165, 1.54) is 7.11 Å². The Balaban J connectivity index is 3.08. The topological polar surface area (TPSA) is 55.8 Å². The third-order valence-electron chi connectivity index (χ3n) is 2.47. The molecule has 0 bridgehead atoms. The van der Waals surface area contributed by atoms with E-state index in [4.69, 9.17) is 9.47 Å². The van der Waals surface area contributed by atoms with E-state index >= 15 is 0 Å². The van der Waals surface area contributed by atoms with E-state index in [-0.39, 0.29) is 12.2 Å². The van der Waals surface area contributed by atoms with E-state index in [0.29, 0.717) is 12.3 Å². The van der Waals surface area contributed by atoms with Gasteiger partial charge in [0.25, 0.3) is 5.78 Å². The third kappa shape index (κ3) is 4.06. The predicted molar refractivity (Wildman–Crippen MR) is 71.3 cm³/mol. The number of rotatable bonds is 6. The van der Waals surface area contributed by atoms with Gasteiger partial charge in [-0.1, -0.05) is 6.07 Å². The zero-order valence-electron chi connectivity index (χ0n) is 11.7. The minimum Gasteiger partial charge on any atom is -0.496 e. The Morgan fingerprint density at radius 2 is 1.95 bits per heavy atom. The number of nitrogens with zero attached hydrogens (tertiary/aromatic N) is 1. The number of hydrogen-bond donors (Lipinski definition) is 0. The van der Waals surface area contributed by atoms with E-state index < -0.39 is 11.8 Å². The zero-order valence-corrected chi connectivity index (χ0v) is 11.7. The standard InChI is InChI=1S/C14H19NO4/c1-5-19-14(17)13(16)11-8-10(9-15(2)3)6-7-12(11)18-4/h6-8H,5,9H2,1-4H3. The number of Topliss-reactive ketones (excluding diaryl/α,β-unsaturated/α-hetero) is 1. The van der Waals surface area contributed by atoms with Crippen molar-refractivity contribution in [2.75, 3.05) is 27.8 Å². The Bertz CT molecular complexity index is 469. The van der Waals surface area contributed by atoms with Crippen molar-refractivity contribution in [3.05, 3.63) is 29.3 Å². The number of methoxy groups -OCH3 is 1. The zero-order chi connectivity index (χ0) is 14.4. The van der Waals surface area contributed by atoms with Crippen LogP contribution in [0.4, 0.5) is 0 Å². The van der Waals surface area contributed by atoms with E-state index in [9.17, 15) is 9.59 Å². The van der Waals surface area contributed by atoms with Crippen LogP contribution in [0, 0.1) is 0 Å². The second-order valence-corrected chi connectivity index (χ2v) is 4.32. The fraction of sp³-hybridized carbons (Fsp3) is 0.429. The van der Waals surface area contributed by atoms with Crippen LogP contribution in [0.2, 0.25) is 0 Å². The fourth-order valence-corrected chi connectivity index (χ4v) is 1.70. The van der Waals surface area contributed by atoms with E-state index in [1.54, 1.807) is 19.1 Å². The van der Waals surface area contributed by atoms with Gasteiger partial charge in [0.05, 0.1) is 19.3 Å². The molecule has 5 nitrogen and oxygen atoms in total. The first-order chi connectivity index (χ1) is 8.99. The molecule has 0 unspecified atom stereocenters. The van der Waals surface area contributed by atoms with Crippen LogP contribution in [-0.4, -0.2) is 44.5 Å². The normalized spacial score (nSPS) is 10.4. The molecule has 0 aliphatic carbocycles. The third-order valence-corrected chi connectivity index (χ3v) is 2.47. The summed E-state index contributed by atoms with van der Waals surface area (Å²) in [6, 6.07) is 5.21. The number of ketones is 1. The van der Waals surface area contributed by atoms with Crippen LogP contribution in [0.15, 0.2) is 18.2 Å². The molecule has 0 fully saturated rings. The monoisotopic (exact) mass is 265 g/mol. The molecule has 5 heteroatoms. The summed E-state index contributed by atoms with van der Waals surface area (Å²) in [6.45, 7) is 2.50. The van der Waals surface area contributed by atoms with Crippen LogP contribution in [0.1, 0.15) is 22.8 Å². The maximum Gasteiger partial charge on any atom is 0.379 e. The number of carbonyl (C=O) groups is 2. The summed E-state index contributed by atoms with van der Waals surface area (Å²) in [5.41, 5.74) is 1.17. The highest BCUT2D eigenvalue weighted by molar-refractivity contribution is 6.41. The molecule has 0 saturated carbocycles. The van der Waals surface area contributed by atoms with Crippen molar-refractivity contribution in [2.45, 2.75) is 13.5 Å². The van der Waals surface area contributed by atoms with Crippen molar-refractivity contribution in [2.24, 2.45) is 0 Å². The summed E-state index contributed by atoms with van der Waals surface area (Å²) >= 11 is 0. The van der Waals surface area contributed by atoms with Crippen molar-refractivity contribution in [3.63, 3.8) is 0 Å². The highest BCUT2D eigenvalue weighted by Crippen LogP contribution is 2.21. The van der Waals surface area contributed by atoms with Gasteiger partial charge in [0.15, 0.2) is 0 Å². The van der Waals surface area contributed by atoms with Crippen molar-refractivity contribution in [1.29, 1.82) is 0 Å². The highest BCUT2D eigenvalue weighted by atomic mass is 16.5. The van der Waals surface area contributed by atoms with Gasteiger partial charge >= 0.3 is 5.97 Å². The molecule has 19 heavy (non-hydrogen) atoms. The largest absolute Gasteiger partial charge is 0.496 e. The lowest BCUT2D eigenvalue weighted by molar-refractivity contribution is -0.137. The number of ether oxygens (including phenoxy) is 2. The highest BCUT2D eigenvalue weighted by Gasteiger charge is 2.22. The molecular weight excluding hydrogens is 246 g/mol. The maximum absolute atomic E-state index is 12.0. The summed E-state index contributed by atoms with van der Waals surface area (Å²) in [6.07, 6.45) is 0. The van der Waals surface area contributed by atoms with Gasteiger partial charge in [0.2, 0.25) is 0 Å². The van der Waals surface area contributed by atoms with Crippen LogP contribution in [-0.2, 0) is 16.1 Å². The maximum atomic E-state index is 12.0. The van der Waals surface area contributed by atoms with Gasteiger partial charge in [-0.3, -0.25) is 4.79 Å². The van der Waals surface area contributed by atoms with E-state index in [2.05, 4.69) is 0 Å². The summed E-state index contributed by atoms with van der Waals surface area (Å²) in [7, 11) is 5.32. The van der Waals surface area contributed by atoms with Crippen LogP contribution < -0.4 is 4.74 Å². The Morgan fingerprint density at radius 1 is 1.26 bits per heavy atom. The Hall–Kier alpha value is -1.88. The molecule has 0 saturated heterocycles. The van der Waals surface area contributed by atoms with Crippen LogP contribution in [0.5, 0.6) is 5.75 Å². The molecule has 0 spiro atoms. The van der Waals surface area contributed by atoms with Gasteiger partial charge in [-0.15, -0.1) is 0 Å². The Labute approximate surface area is 113 Å². The molecule has 0 amide bonds. The molecule has 0 aliphatic heterocycles. The van der Waals surface area contributed by atoms with E-state index in [0.717, 1.165) is 5.56 Å². The lowest BCUT2D eigenvalue weighted by atomic mass is 10.1. The molecule has 0 heterocycles. The fourth-order valence-electron chi connectivity index (χ4n) is 1.70. The van der Waals surface area contributed by atoms with Crippen molar-refractivity contribution in [3.8, 4) is 5.75 Å². The summed E-state index contributed by atoms with van der Waals surface area (Å²) in [5.74, 6) is -1.16. The van der Waals surface area contributed by atoms with Gasteiger partial charge < -0.3 is 14.4 Å². The van der Waals surface area contributed by atoms with Crippen molar-refractivity contribution in [1.82, 2.24) is 4.90 Å². The molecule has 1 rings (SSSR count). The number of carbonyl (C=O) groups excluding carboxylic acids is 2. The second kappa shape index (κ2) is 6.89. The molecule has 0 aliphatic rings. The lowest BCUT2D eigenvalue weighted by Crippen LogP contribution is -2.19. The minimum atomic E-state index is -0.859. The smallest absolute Gasteiger partial charge is 0.379 e. The first kappa shape index (κ1) is 15.2. The molecule has 0 atom stereocenters. The minimum absolute atomic E-state index is 0.171. The second-order valence-electron chi connectivity index (χ2n) is 4.32. The number of benzene rings is 1. The quantitative estimate of drug-likeness (QED) is 0.443. The first-order valence-corrected chi connectivity index (χ1v) is 6.02. The molecular formula is C14H19NO4. The average molecular weight is 265 g/mol. The number of hydrogen-bond acceptors (Lipinski definition) is 5. The van der Waals surface area contributed by atoms with Crippen molar-refractivity contribution < 1.29 is 19.1 Å². The van der Waals surface area contributed by atoms with Gasteiger partial charge in [0.1, 0.15) is 5.75 Å². The number of esters is 1. The molecule has 1 aromatic rings. The molecule has 0 N–H and O–H groups in total. The molecule has 0 radical (unpaired) electrons. The Morgan fingerprint density at radius 3 is 2.47 bits per heavy atom. The SMILES string of the molecule is CCOC(=O)C(=O)c1cc(CN(C)C)ccc1OC. The lowest BCUT2D eigenvalue weighted by Gasteiger charge is -2.12. The predicted octanol–water partition coefficient (Wildman–Crippen LogP) is 1.50. The van der Waals surface area contributed by atoms with Gasteiger partial charge in [-0.2, -0.15) is 0 Å². The summed E-state index contributed by atoms with van der Waals surface area (Å²) in [4.78, 5) is 25.5. The van der Waals surface area contributed by atoms with Crippen LogP contribution in [0.3, 0.4) is 0 Å². The van der Waals surface area contributed by atoms with E-state index in [1.807, 2.05) is 25.1 Å². The Kier molecular flexibility index (Phi) is 5.51. The molecule has 104 valence electrons. The molecule has 0 aromatic heterocycles. The molecule has 1 aromatic carbocycles. The summed E-state index contributed by atoms with van der Waals surface area (Å²) < 4.78 is 9.84. The van der Waals surface area contributed by atoms with Crippen molar-refractivity contribution >= 4 is 11.8 Å². The first-order valence-electron chi connectivity index (χ1n) is 6.02. The average Bonchev–Trinajstić information content (AvgIpc) is 2.37. The van der Waals surface area contributed by atoms with Gasteiger partial charge in [-0.05, 0) is 38.7 Å². The van der Waals surface area contributed by atoms with Gasteiger partial charge in [0, 0.05) is 6.54 Å². The van der Waals surface area contributed by atoms with Crippen LogP contribution >= 0.6 is 0 Å². The van der Waals surface area contributed by atoms with Gasteiger partial charge in [-0.25, -0.2) is 4.79 Å².